The van der Waals surface area contributed by atoms with Crippen LogP contribution in [0.2, 0.25) is 0 Å². The molecule has 2 heterocycles. The second-order valence-corrected chi connectivity index (χ2v) is 11.4. The van der Waals surface area contributed by atoms with Crippen molar-refractivity contribution in [2.24, 2.45) is 0 Å². The van der Waals surface area contributed by atoms with E-state index in [1.807, 2.05) is 49.7 Å². The van der Waals surface area contributed by atoms with Gasteiger partial charge in [-0.05, 0) is 44.4 Å². The molecule has 1 atom stereocenters. The van der Waals surface area contributed by atoms with Gasteiger partial charge in [0.15, 0.2) is 0 Å². The third-order valence-corrected chi connectivity index (χ3v) is 7.85. The summed E-state index contributed by atoms with van der Waals surface area (Å²) in [7, 11) is 0.0917. The molecule has 0 fully saturated rings. The molecule has 5 nitrogen and oxygen atoms in total. The minimum atomic E-state index is -0.699. The summed E-state index contributed by atoms with van der Waals surface area (Å²) in [6, 6.07) is 7.39. The summed E-state index contributed by atoms with van der Waals surface area (Å²) in [6.45, 7) is 3.90. The number of benzene rings is 1. The molecule has 3 rings (SSSR count). The van der Waals surface area contributed by atoms with Crippen LogP contribution in [-0.2, 0) is 21.2 Å². The molecule has 0 saturated heterocycles. The average molecular weight is 459 g/mol. The van der Waals surface area contributed by atoms with Crippen molar-refractivity contribution in [2.45, 2.75) is 29.2 Å². The fraction of sp³-hybridized carbons (Fsp3) is 0.318. The Balaban J connectivity index is 1.75. The number of amides is 1. The van der Waals surface area contributed by atoms with E-state index in [9.17, 15) is 4.79 Å². The van der Waals surface area contributed by atoms with Crippen LogP contribution in [0, 0.1) is 12.3 Å². The number of rotatable bonds is 7. The average Bonchev–Trinajstić information content (AvgIpc) is 3.22. The van der Waals surface area contributed by atoms with Crippen molar-refractivity contribution in [3.63, 3.8) is 0 Å². The Morgan fingerprint density at radius 3 is 2.77 bits per heavy atom. The molecule has 0 spiro atoms. The van der Waals surface area contributed by atoms with E-state index in [2.05, 4.69) is 28.7 Å². The van der Waals surface area contributed by atoms with E-state index in [1.54, 1.807) is 17.5 Å². The number of carbonyl (C=O) groups is 1. The predicted octanol–water partition coefficient (Wildman–Crippen LogP) is 4.03. The maximum absolute atomic E-state index is 13.0. The first-order valence-corrected chi connectivity index (χ1v) is 13.4. The minimum absolute atomic E-state index is 0.0917. The molecule has 0 saturated carbocycles. The largest absolute Gasteiger partial charge is 0.470 e. The number of nitrogens with zero attached hydrogens (tertiary/aromatic N) is 2. The third kappa shape index (κ3) is 5.09. The summed E-state index contributed by atoms with van der Waals surface area (Å²) in [5, 5.41) is 5.95. The van der Waals surface area contributed by atoms with E-state index in [-0.39, 0.29) is 16.8 Å². The number of fused-ring (bicyclic) bond motifs is 1. The number of terminal acetylenes is 1. The quantitative estimate of drug-likeness (QED) is 0.329. The standard InChI is InChI=1S/C22H23N3O2S3/c1-7-14-10-15-11-16(8-9-17(15)23-12-14)27-20(28-4)19(26)25-22(2,3)18-13-29-21(24-18)30(5)6/h1,8-13,20H,2-6H3/p+1. The molecule has 1 aromatic carbocycles. The van der Waals surface area contributed by atoms with Crippen molar-refractivity contribution in [1.82, 2.24) is 15.3 Å². The smallest absolute Gasteiger partial charge is 0.303 e. The summed E-state index contributed by atoms with van der Waals surface area (Å²) < 4.78 is 7.07. The highest BCUT2D eigenvalue weighted by atomic mass is 32.2. The van der Waals surface area contributed by atoms with Crippen molar-refractivity contribution in [1.29, 1.82) is 0 Å². The predicted molar refractivity (Wildman–Crippen MR) is 128 cm³/mol. The lowest BCUT2D eigenvalue weighted by atomic mass is 10.0. The molecule has 1 unspecified atom stereocenters. The lowest BCUT2D eigenvalue weighted by Crippen LogP contribution is -2.46. The van der Waals surface area contributed by atoms with Crippen molar-refractivity contribution in [3.8, 4) is 18.1 Å². The van der Waals surface area contributed by atoms with Crippen LogP contribution in [0.4, 0.5) is 0 Å². The van der Waals surface area contributed by atoms with Crippen LogP contribution < -0.4 is 10.1 Å². The number of pyridine rings is 1. The van der Waals surface area contributed by atoms with Gasteiger partial charge >= 0.3 is 4.34 Å². The monoisotopic (exact) mass is 458 g/mol. The molecule has 1 N–H and O–H groups in total. The maximum atomic E-state index is 13.0. The first kappa shape index (κ1) is 22.5. The number of aromatic nitrogens is 2. The van der Waals surface area contributed by atoms with Gasteiger partial charge in [0.25, 0.3) is 5.91 Å². The first-order valence-electron chi connectivity index (χ1n) is 9.15. The third-order valence-electron chi connectivity index (χ3n) is 4.40. The number of thioether (sulfide) groups is 1. The molecule has 2 aromatic heterocycles. The van der Waals surface area contributed by atoms with Crippen molar-refractivity contribution in [3.05, 3.63) is 47.1 Å². The van der Waals surface area contributed by atoms with E-state index >= 15 is 0 Å². The Hall–Kier alpha value is -2.21. The SMILES string of the molecule is C#Cc1cnc2ccc(OC(SC)C(=O)NC(C)(C)c3csc([S+](C)C)n3)cc2c1. The van der Waals surface area contributed by atoms with Crippen molar-refractivity contribution in [2.75, 3.05) is 18.8 Å². The first-order chi connectivity index (χ1) is 14.2. The van der Waals surface area contributed by atoms with Gasteiger partial charge in [-0.15, -0.1) is 18.2 Å². The second kappa shape index (κ2) is 9.29. The van der Waals surface area contributed by atoms with Gasteiger partial charge in [0.2, 0.25) is 5.44 Å². The van der Waals surface area contributed by atoms with E-state index in [0.29, 0.717) is 11.3 Å². The second-order valence-electron chi connectivity index (χ2n) is 7.34. The number of hydrogen-bond acceptors (Lipinski definition) is 6. The van der Waals surface area contributed by atoms with E-state index in [0.717, 1.165) is 20.9 Å². The molecular formula is C22H24N3O2S3+. The van der Waals surface area contributed by atoms with Crippen LogP contribution in [0.3, 0.4) is 0 Å². The fourth-order valence-corrected chi connectivity index (χ4v) is 5.14. The van der Waals surface area contributed by atoms with Crippen LogP contribution in [0.5, 0.6) is 5.75 Å². The lowest BCUT2D eigenvalue weighted by Gasteiger charge is -2.27. The molecule has 0 aliphatic heterocycles. The van der Waals surface area contributed by atoms with Gasteiger partial charge < -0.3 is 10.1 Å². The van der Waals surface area contributed by atoms with E-state index < -0.39 is 11.0 Å². The van der Waals surface area contributed by atoms with Crippen LogP contribution in [-0.4, -0.2) is 40.1 Å². The van der Waals surface area contributed by atoms with Gasteiger partial charge in [-0.2, -0.15) is 4.98 Å². The Labute approximate surface area is 188 Å². The fourth-order valence-electron chi connectivity index (χ4n) is 2.76. The normalized spacial score (nSPS) is 12.6. The van der Waals surface area contributed by atoms with Crippen LogP contribution in [0.1, 0.15) is 25.1 Å². The number of hydrogen-bond donors (Lipinski definition) is 1. The van der Waals surface area contributed by atoms with Crippen LogP contribution in [0.25, 0.3) is 10.9 Å². The van der Waals surface area contributed by atoms with Gasteiger partial charge in [-0.1, -0.05) is 17.3 Å². The van der Waals surface area contributed by atoms with E-state index in [4.69, 9.17) is 16.1 Å². The van der Waals surface area contributed by atoms with Crippen molar-refractivity contribution >= 4 is 50.8 Å². The van der Waals surface area contributed by atoms with Gasteiger partial charge in [-0.25, -0.2) is 0 Å². The number of thiazole rings is 1. The molecule has 8 heteroatoms. The van der Waals surface area contributed by atoms with Gasteiger partial charge in [0.1, 0.15) is 18.3 Å². The molecule has 0 aliphatic carbocycles. The number of ether oxygens (including phenoxy) is 1. The molecule has 156 valence electrons. The van der Waals surface area contributed by atoms with Crippen molar-refractivity contribution < 1.29 is 9.53 Å². The Bertz CT molecular complexity index is 1100. The van der Waals surface area contributed by atoms with Gasteiger partial charge in [-0.3, -0.25) is 9.78 Å². The van der Waals surface area contributed by atoms with Gasteiger partial charge in [0.05, 0.1) is 16.7 Å². The topological polar surface area (TPSA) is 64.1 Å². The zero-order valence-electron chi connectivity index (χ0n) is 17.6. The molecule has 0 bridgehead atoms. The Morgan fingerprint density at radius 1 is 1.37 bits per heavy atom. The Kier molecular flexibility index (Phi) is 6.96. The Morgan fingerprint density at radius 2 is 2.13 bits per heavy atom. The number of nitrogens with one attached hydrogen (secondary N) is 1. The zero-order valence-corrected chi connectivity index (χ0v) is 20.0. The zero-order chi connectivity index (χ0) is 21.9. The molecular weight excluding hydrogens is 434 g/mol. The highest BCUT2D eigenvalue weighted by Crippen LogP contribution is 2.27. The lowest BCUT2D eigenvalue weighted by molar-refractivity contribution is -0.126. The molecule has 30 heavy (non-hydrogen) atoms. The van der Waals surface area contributed by atoms with Crippen LogP contribution >= 0.6 is 23.1 Å². The molecule has 0 radical (unpaired) electrons. The summed E-state index contributed by atoms with van der Waals surface area (Å²) in [4.78, 5) is 22.0. The summed E-state index contributed by atoms with van der Waals surface area (Å²) >= 11 is 2.96. The maximum Gasteiger partial charge on any atom is 0.303 e. The van der Waals surface area contributed by atoms with Crippen LogP contribution in [0.15, 0.2) is 40.2 Å². The minimum Gasteiger partial charge on any atom is -0.470 e. The summed E-state index contributed by atoms with van der Waals surface area (Å²) in [5.41, 5.74) is 1.08. The summed E-state index contributed by atoms with van der Waals surface area (Å²) in [6.07, 6.45) is 13.2. The summed E-state index contributed by atoms with van der Waals surface area (Å²) in [5.74, 6) is 2.96. The number of carbonyl (C=O) groups excluding carboxylic acids is 1. The molecule has 3 aromatic rings. The molecule has 0 aliphatic rings. The molecule has 1 amide bonds. The highest BCUT2D eigenvalue weighted by Gasteiger charge is 2.31. The van der Waals surface area contributed by atoms with Gasteiger partial charge in [0, 0.05) is 33.4 Å². The van der Waals surface area contributed by atoms with E-state index in [1.165, 1.54) is 11.8 Å². The highest BCUT2D eigenvalue weighted by molar-refractivity contribution is 7.99.